The topological polar surface area (TPSA) is 131 Å². The molecule has 0 fully saturated rings. The van der Waals surface area contributed by atoms with E-state index in [1.54, 1.807) is 37.3 Å². The number of hydrogen-bond donors (Lipinski definition) is 4. The summed E-state index contributed by atoms with van der Waals surface area (Å²) in [6.45, 7) is 4.42. The summed E-state index contributed by atoms with van der Waals surface area (Å²) in [5.41, 5.74) is 8.06. The Labute approximate surface area is 179 Å². The molecule has 1 aromatic heterocycles. The molecular formula is C23H25N3O5. The van der Waals surface area contributed by atoms with E-state index in [4.69, 9.17) is 25.0 Å². The van der Waals surface area contributed by atoms with Crippen LogP contribution in [-0.4, -0.2) is 30.8 Å². The molecule has 8 heteroatoms. The Hall–Kier alpha value is -3.78. The number of aromatic hydroxyl groups is 1. The molecule has 8 nitrogen and oxygen atoms in total. The first kappa shape index (κ1) is 21.9. The van der Waals surface area contributed by atoms with Crippen molar-refractivity contribution in [3.05, 3.63) is 75.8 Å². The number of rotatable bonds is 8. The maximum absolute atomic E-state index is 11.7. The van der Waals surface area contributed by atoms with Gasteiger partial charge in [0.25, 0.3) is 0 Å². The Morgan fingerprint density at radius 3 is 2.68 bits per heavy atom. The van der Waals surface area contributed by atoms with Crippen molar-refractivity contribution < 1.29 is 19.0 Å². The molecule has 31 heavy (non-hydrogen) atoms. The fraction of sp³-hybridized carbons (Fsp3) is 0.217. The second-order valence-corrected chi connectivity index (χ2v) is 6.76. The number of aryl methyl sites for hydroxylation is 1. The SMILES string of the molecule is CCOC(=N)c1ccc(NC(=CCN)COc2ccc3c(C)cc(=O)oc3c2O)cc1. The standard InChI is InChI=1S/C23H25N3O5/c1-3-29-23(25)15-4-6-16(7-5-15)26-17(10-11-24)13-30-19-9-8-18-14(2)12-20(27)31-22(18)21(19)28/h4-10,12,25-26,28H,3,11,13,24H2,1-2H3. The van der Waals surface area contributed by atoms with Crippen LogP contribution in [0.15, 0.2) is 63.4 Å². The van der Waals surface area contributed by atoms with Crippen molar-refractivity contribution >= 4 is 22.6 Å². The Bertz CT molecular complexity index is 1170. The first-order chi connectivity index (χ1) is 14.9. The molecule has 1 heterocycles. The largest absolute Gasteiger partial charge is 0.502 e. The lowest BCUT2D eigenvalue weighted by Crippen LogP contribution is -2.12. The normalized spacial score (nSPS) is 11.4. The lowest BCUT2D eigenvalue weighted by atomic mass is 10.1. The minimum Gasteiger partial charge on any atom is -0.502 e. The predicted molar refractivity (Wildman–Crippen MR) is 120 cm³/mol. The zero-order valence-corrected chi connectivity index (χ0v) is 17.4. The number of anilines is 1. The number of benzene rings is 2. The van der Waals surface area contributed by atoms with Gasteiger partial charge in [-0.3, -0.25) is 5.41 Å². The third-order valence-corrected chi connectivity index (χ3v) is 4.54. The molecule has 0 radical (unpaired) electrons. The van der Waals surface area contributed by atoms with Crippen LogP contribution in [0.2, 0.25) is 0 Å². The van der Waals surface area contributed by atoms with Crippen molar-refractivity contribution in [3.8, 4) is 11.5 Å². The second kappa shape index (κ2) is 9.82. The number of phenolic OH excluding ortho intramolecular Hbond substituents is 1. The number of nitrogens with two attached hydrogens (primary N) is 1. The Morgan fingerprint density at radius 2 is 2.00 bits per heavy atom. The van der Waals surface area contributed by atoms with E-state index in [2.05, 4.69) is 5.32 Å². The van der Waals surface area contributed by atoms with Gasteiger partial charge in [-0.05, 0) is 61.9 Å². The summed E-state index contributed by atoms with van der Waals surface area (Å²) in [5.74, 6) is 0.0689. The highest BCUT2D eigenvalue weighted by molar-refractivity contribution is 5.92. The van der Waals surface area contributed by atoms with Gasteiger partial charge in [-0.2, -0.15) is 0 Å². The smallest absolute Gasteiger partial charge is 0.336 e. The van der Waals surface area contributed by atoms with Crippen molar-refractivity contribution in [3.63, 3.8) is 0 Å². The van der Waals surface area contributed by atoms with Gasteiger partial charge in [0.05, 0.1) is 12.3 Å². The molecule has 0 saturated carbocycles. The van der Waals surface area contributed by atoms with E-state index in [0.717, 1.165) is 5.69 Å². The highest BCUT2D eigenvalue weighted by Crippen LogP contribution is 2.35. The van der Waals surface area contributed by atoms with E-state index in [0.29, 0.717) is 28.8 Å². The summed E-state index contributed by atoms with van der Waals surface area (Å²) in [6.07, 6.45) is 1.76. The molecule has 2 aromatic carbocycles. The fourth-order valence-corrected chi connectivity index (χ4v) is 3.03. The van der Waals surface area contributed by atoms with Gasteiger partial charge < -0.3 is 30.0 Å². The van der Waals surface area contributed by atoms with E-state index in [1.807, 2.05) is 19.1 Å². The molecule has 0 aliphatic carbocycles. The molecule has 0 spiro atoms. The van der Waals surface area contributed by atoms with E-state index < -0.39 is 5.63 Å². The fourth-order valence-electron chi connectivity index (χ4n) is 3.03. The van der Waals surface area contributed by atoms with Crippen molar-refractivity contribution in [2.45, 2.75) is 13.8 Å². The van der Waals surface area contributed by atoms with Crippen LogP contribution in [0.5, 0.6) is 11.5 Å². The summed E-state index contributed by atoms with van der Waals surface area (Å²) in [4.78, 5) is 11.7. The number of fused-ring (bicyclic) bond motifs is 1. The molecule has 0 bridgehead atoms. The van der Waals surface area contributed by atoms with E-state index in [-0.39, 0.29) is 36.1 Å². The first-order valence-electron chi connectivity index (χ1n) is 9.80. The van der Waals surface area contributed by atoms with Crippen molar-refractivity contribution in [2.75, 3.05) is 25.1 Å². The van der Waals surface area contributed by atoms with Crippen LogP contribution in [0, 0.1) is 12.3 Å². The number of hydrogen-bond acceptors (Lipinski definition) is 8. The predicted octanol–water partition coefficient (Wildman–Crippen LogP) is 3.50. The van der Waals surface area contributed by atoms with Crippen LogP contribution in [0.1, 0.15) is 18.1 Å². The third-order valence-electron chi connectivity index (χ3n) is 4.54. The lowest BCUT2D eigenvalue weighted by molar-refractivity contribution is 0.325. The molecule has 5 N–H and O–H groups in total. The van der Waals surface area contributed by atoms with Crippen LogP contribution < -0.4 is 21.4 Å². The summed E-state index contributed by atoms with van der Waals surface area (Å²) < 4.78 is 16.1. The molecule has 0 amide bonds. The van der Waals surface area contributed by atoms with Gasteiger partial charge in [0.2, 0.25) is 11.6 Å². The highest BCUT2D eigenvalue weighted by atomic mass is 16.5. The Morgan fingerprint density at radius 1 is 1.26 bits per heavy atom. The summed E-state index contributed by atoms with van der Waals surface area (Å²) in [5, 5.41) is 22.2. The summed E-state index contributed by atoms with van der Waals surface area (Å²) in [6, 6.07) is 11.9. The third kappa shape index (κ3) is 5.23. The number of ether oxygens (including phenoxy) is 2. The average Bonchev–Trinajstić information content (AvgIpc) is 2.74. The Balaban J connectivity index is 1.74. The van der Waals surface area contributed by atoms with Crippen LogP contribution >= 0.6 is 0 Å². The molecule has 0 aliphatic rings. The maximum Gasteiger partial charge on any atom is 0.336 e. The number of nitrogens with one attached hydrogen (secondary N) is 2. The van der Waals surface area contributed by atoms with Gasteiger partial charge in [0.1, 0.15) is 6.61 Å². The lowest BCUT2D eigenvalue weighted by Gasteiger charge is -2.15. The quantitative estimate of drug-likeness (QED) is 0.248. The molecule has 0 unspecified atom stereocenters. The van der Waals surface area contributed by atoms with Gasteiger partial charge in [-0.25, -0.2) is 4.79 Å². The van der Waals surface area contributed by atoms with Gasteiger partial charge >= 0.3 is 5.63 Å². The first-order valence-corrected chi connectivity index (χ1v) is 9.80. The number of phenols is 1. The average molecular weight is 423 g/mol. The maximum atomic E-state index is 11.7. The zero-order chi connectivity index (χ0) is 22.4. The van der Waals surface area contributed by atoms with Crippen molar-refractivity contribution in [1.82, 2.24) is 0 Å². The molecular weight excluding hydrogens is 398 g/mol. The molecule has 0 aliphatic heterocycles. The minimum atomic E-state index is -0.538. The molecule has 162 valence electrons. The van der Waals surface area contributed by atoms with Crippen LogP contribution in [0.25, 0.3) is 11.0 Å². The molecule has 3 rings (SSSR count). The Kier molecular flexibility index (Phi) is 6.94. The summed E-state index contributed by atoms with van der Waals surface area (Å²) >= 11 is 0. The summed E-state index contributed by atoms with van der Waals surface area (Å²) in [7, 11) is 0. The highest BCUT2D eigenvalue weighted by Gasteiger charge is 2.13. The van der Waals surface area contributed by atoms with Crippen molar-refractivity contribution in [1.29, 1.82) is 5.41 Å². The molecule has 3 aromatic rings. The van der Waals surface area contributed by atoms with Gasteiger partial charge in [0, 0.05) is 29.2 Å². The van der Waals surface area contributed by atoms with E-state index in [9.17, 15) is 9.90 Å². The monoisotopic (exact) mass is 423 g/mol. The van der Waals surface area contributed by atoms with Crippen LogP contribution in [-0.2, 0) is 4.74 Å². The van der Waals surface area contributed by atoms with Crippen LogP contribution in [0.3, 0.4) is 0 Å². The van der Waals surface area contributed by atoms with Gasteiger partial charge in [-0.1, -0.05) is 0 Å². The zero-order valence-electron chi connectivity index (χ0n) is 17.4. The van der Waals surface area contributed by atoms with Crippen molar-refractivity contribution in [2.24, 2.45) is 5.73 Å². The minimum absolute atomic E-state index is 0.0900. The second-order valence-electron chi connectivity index (χ2n) is 6.76. The van der Waals surface area contributed by atoms with E-state index >= 15 is 0 Å². The molecule has 0 saturated heterocycles. The van der Waals surface area contributed by atoms with E-state index in [1.165, 1.54) is 6.07 Å². The van der Waals surface area contributed by atoms with Gasteiger partial charge in [0.15, 0.2) is 11.3 Å². The van der Waals surface area contributed by atoms with Crippen LogP contribution in [0.4, 0.5) is 5.69 Å². The molecule has 0 atom stereocenters. The van der Waals surface area contributed by atoms with Gasteiger partial charge in [-0.15, -0.1) is 0 Å².